The molecule has 90 valence electrons. The quantitative estimate of drug-likeness (QED) is 0.832. The number of benzene rings is 1. The molecule has 1 atom stereocenters. The minimum Gasteiger partial charge on any atom is -0.505 e. The van der Waals surface area contributed by atoms with Crippen LogP contribution in [0.3, 0.4) is 0 Å². The molecule has 2 nitrogen and oxygen atoms in total. The van der Waals surface area contributed by atoms with Crippen LogP contribution in [-0.4, -0.2) is 22.6 Å². The molecule has 0 saturated carbocycles. The van der Waals surface area contributed by atoms with Crippen LogP contribution in [0.2, 0.25) is 0 Å². The van der Waals surface area contributed by atoms with E-state index < -0.39 is 5.82 Å². The standard InChI is InChI=1S/C13H20FNO/c1-4-10(3)15(5-2)9-11-6-7-13(16)12(14)8-11/h6-8,10,16H,4-5,9H2,1-3H3. The van der Waals surface area contributed by atoms with Crippen LogP contribution in [0.1, 0.15) is 32.8 Å². The first-order chi connectivity index (χ1) is 7.58. The number of rotatable bonds is 5. The summed E-state index contributed by atoms with van der Waals surface area (Å²) in [5.74, 6) is -0.826. The van der Waals surface area contributed by atoms with Crippen LogP contribution in [0, 0.1) is 5.82 Å². The van der Waals surface area contributed by atoms with E-state index in [1.165, 1.54) is 12.1 Å². The molecule has 0 aliphatic rings. The Balaban J connectivity index is 2.74. The number of phenolic OH excluding ortho intramolecular Hbond substituents is 1. The van der Waals surface area contributed by atoms with Crippen LogP contribution in [0.25, 0.3) is 0 Å². The molecule has 1 aromatic carbocycles. The summed E-state index contributed by atoms with van der Waals surface area (Å²) in [5, 5.41) is 9.10. The first-order valence-electron chi connectivity index (χ1n) is 5.79. The Bertz CT molecular complexity index is 341. The summed E-state index contributed by atoms with van der Waals surface area (Å²) in [7, 11) is 0. The lowest BCUT2D eigenvalue weighted by Crippen LogP contribution is -2.31. The van der Waals surface area contributed by atoms with E-state index in [1.807, 2.05) is 0 Å². The van der Waals surface area contributed by atoms with Gasteiger partial charge in [-0.05, 0) is 37.6 Å². The third-order valence-corrected chi connectivity index (χ3v) is 3.02. The fourth-order valence-electron chi connectivity index (χ4n) is 1.72. The van der Waals surface area contributed by atoms with Crippen molar-refractivity contribution < 1.29 is 9.50 Å². The predicted octanol–water partition coefficient (Wildman–Crippen LogP) is 3.15. The number of nitrogens with zero attached hydrogens (tertiary/aromatic N) is 1. The van der Waals surface area contributed by atoms with Gasteiger partial charge in [0, 0.05) is 12.6 Å². The average molecular weight is 225 g/mol. The van der Waals surface area contributed by atoms with E-state index in [0.29, 0.717) is 6.04 Å². The lowest BCUT2D eigenvalue weighted by atomic mass is 10.1. The molecule has 1 unspecified atom stereocenters. The number of halogens is 1. The predicted molar refractivity (Wildman–Crippen MR) is 63.9 cm³/mol. The minimum absolute atomic E-state index is 0.282. The zero-order chi connectivity index (χ0) is 12.1. The largest absolute Gasteiger partial charge is 0.505 e. The summed E-state index contributed by atoms with van der Waals surface area (Å²) < 4.78 is 13.1. The van der Waals surface area contributed by atoms with Gasteiger partial charge in [0.15, 0.2) is 11.6 Å². The second-order valence-electron chi connectivity index (χ2n) is 4.11. The smallest absolute Gasteiger partial charge is 0.165 e. The maximum absolute atomic E-state index is 13.1. The molecule has 16 heavy (non-hydrogen) atoms. The molecule has 0 aromatic heterocycles. The summed E-state index contributed by atoms with van der Waals surface area (Å²) in [4.78, 5) is 2.28. The van der Waals surface area contributed by atoms with Crippen molar-refractivity contribution in [2.24, 2.45) is 0 Å². The van der Waals surface area contributed by atoms with Gasteiger partial charge in [-0.2, -0.15) is 0 Å². The maximum Gasteiger partial charge on any atom is 0.165 e. The number of phenols is 1. The van der Waals surface area contributed by atoms with Crippen LogP contribution < -0.4 is 0 Å². The van der Waals surface area contributed by atoms with Gasteiger partial charge in [-0.3, -0.25) is 4.90 Å². The third kappa shape index (κ3) is 3.20. The SMILES string of the molecule is CCC(C)N(CC)Cc1ccc(O)c(F)c1. The van der Waals surface area contributed by atoms with Crippen LogP contribution in [0.5, 0.6) is 5.75 Å². The van der Waals surface area contributed by atoms with Crippen molar-refractivity contribution in [3.05, 3.63) is 29.6 Å². The molecule has 0 heterocycles. The van der Waals surface area contributed by atoms with Gasteiger partial charge in [0.1, 0.15) is 0 Å². The summed E-state index contributed by atoms with van der Waals surface area (Å²) >= 11 is 0. The van der Waals surface area contributed by atoms with Gasteiger partial charge in [-0.25, -0.2) is 4.39 Å². The topological polar surface area (TPSA) is 23.5 Å². The Hall–Kier alpha value is -1.09. The van der Waals surface area contributed by atoms with Gasteiger partial charge in [-0.1, -0.05) is 19.9 Å². The monoisotopic (exact) mass is 225 g/mol. The first kappa shape index (κ1) is 13.0. The summed E-state index contributed by atoms with van der Waals surface area (Å²) in [6.45, 7) is 8.08. The Labute approximate surface area is 96.7 Å². The Morgan fingerprint density at radius 3 is 2.56 bits per heavy atom. The van der Waals surface area contributed by atoms with Crippen molar-refractivity contribution in [3.8, 4) is 5.75 Å². The van der Waals surface area contributed by atoms with Crippen molar-refractivity contribution in [2.45, 2.75) is 39.8 Å². The zero-order valence-electron chi connectivity index (χ0n) is 10.2. The van der Waals surface area contributed by atoms with Crippen molar-refractivity contribution >= 4 is 0 Å². The van der Waals surface area contributed by atoms with Gasteiger partial charge in [0.05, 0.1) is 0 Å². The van der Waals surface area contributed by atoms with Crippen LogP contribution in [0.4, 0.5) is 4.39 Å². The lowest BCUT2D eigenvalue weighted by Gasteiger charge is -2.26. The number of hydrogen-bond acceptors (Lipinski definition) is 2. The summed E-state index contributed by atoms with van der Waals surface area (Å²) in [6, 6.07) is 5.07. The molecule has 1 rings (SSSR count). The highest BCUT2D eigenvalue weighted by atomic mass is 19.1. The van der Waals surface area contributed by atoms with Crippen molar-refractivity contribution in [2.75, 3.05) is 6.54 Å². The molecule has 0 aliphatic carbocycles. The Morgan fingerprint density at radius 1 is 1.38 bits per heavy atom. The molecule has 3 heteroatoms. The highest BCUT2D eigenvalue weighted by Gasteiger charge is 2.11. The van der Waals surface area contributed by atoms with E-state index in [1.54, 1.807) is 6.07 Å². The number of aromatic hydroxyl groups is 1. The molecule has 0 spiro atoms. The van der Waals surface area contributed by atoms with E-state index in [0.717, 1.165) is 25.1 Å². The lowest BCUT2D eigenvalue weighted by molar-refractivity contribution is 0.205. The molecule has 1 aromatic rings. The Kier molecular flexibility index (Phi) is 4.74. The van der Waals surface area contributed by atoms with E-state index in [2.05, 4.69) is 25.7 Å². The third-order valence-electron chi connectivity index (χ3n) is 3.02. The van der Waals surface area contributed by atoms with Crippen molar-refractivity contribution in [1.29, 1.82) is 0 Å². The molecule has 0 aliphatic heterocycles. The van der Waals surface area contributed by atoms with Gasteiger partial charge >= 0.3 is 0 Å². The normalized spacial score (nSPS) is 13.1. The Morgan fingerprint density at radius 2 is 2.06 bits per heavy atom. The molecular formula is C13H20FNO. The second-order valence-corrected chi connectivity index (χ2v) is 4.11. The maximum atomic E-state index is 13.1. The van der Waals surface area contributed by atoms with Gasteiger partial charge < -0.3 is 5.11 Å². The molecule has 1 N–H and O–H groups in total. The average Bonchev–Trinajstić information content (AvgIpc) is 2.29. The fraction of sp³-hybridized carbons (Fsp3) is 0.538. The van der Waals surface area contributed by atoms with Crippen molar-refractivity contribution in [1.82, 2.24) is 4.90 Å². The highest BCUT2D eigenvalue weighted by Crippen LogP contribution is 2.18. The fourth-order valence-corrected chi connectivity index (χ4v) is 1.72. The highest BCUT2D eigenvalue weighted by molar-refractivity contribution is 5.27. The second kappa shape index (κ2) is 5.85. The summed E-state index contributed by atoms with van der Waals surface area (Å²) in [6.07, 6.45) is 1.08. The van der Waals surface area contributed by atoms with Crippen LogP contribution in [-0.2, 0) is 6.54 Å². The van der Waals surface area contributed by atoms with Gasteiger partial charge in [0.25, 0.3) is 0 Å². The van der Waals surface area contributed by atoms with E-state index in [4.69, 9.17) is 5.11 Å². The minimum atomic E-state index is -0.544. The molecule has 0 amide bonds. The van der Waals surface area contributed by atoms with Crippen molar-refractivity contribution in [3.63, 3.8) is 0 Å². The molecular weight excluding hydrogens is 205 g/mol. The zero-order valence-corrected chi connectivity index (χ0v) is 10.2. The van der Waals surface area contributed by atoms with Crippen LogP contribution in [0.15, 0.2) is 18.2 Å². The van der Waals surface area contributed by atoms with E-state index >= 15 is 0 Å². The molecule has 0 saturated heterocycles. The molecule has 0 radical (unpaired) electrons. The van der Waals surface area contributed by atoms with Crippen LogP contribution >= 0.6 is 0 Å². The van der Waals surface area contributed by atoms with E-state index in [-0.39, 0.29) is 5.75 Å². The van der Waals surface area contributed by atoms with Gasteiger partial charge in [0.2, 0.25) is 0 Å². The first-order valence-corrected chi connectivity index (χ1v) is 5.79. The molecule has 0 bridgehead atoms. The number of hydrogen-bond donors (Lipinski definition) is 1. The van der Waals surface area contributed by atoms with E-state index in [9.17, 15) is 4.39 Å². The van der Waals surface area contributed by atoms with Gasteiger partial charge in [-0.15, -0.1) is 0 Å². The molecule has 0 fully saturated rings. The summed E-state index contributed by atoms with van der Waals surface area (Å²) in [5.41, 5.74) is 0.900.